The van der Waals surface area contributed by atoms with Gasteiger partial charge in [0.15, 0.2) is 0 Å². The molecule has 1 aliphatic heterocycles. The number of rotatable bonds is 4. The zero-order chi connectivity index (χ0) is 23.2. The van der Waals surface area contributed by atoms with Gasteiger partial charge in [0, 0.05) is 41.0 Å². The normalized spacial score (nSPS) is 17.3. The number of hydrogen-bond acceptors (Lipinski definition) is 7. The molecule has 0 saturated carbocycles. The molecule has 1 aliphatic rings. The number of nitrogens with zero attached hydrogens (tertiary/aromatic N) is 2. The third-order valence-corrected chi connectivity index (χ3v) is 5.79. The summed E-state index contributed by atoms with van der Waals surface area (Å²) in [6.07, 6.45) is -1.55. The summed E-state index contributed by atoms with van der Waals surface area (Å²) >= 11 is 0. The van der Waals surface area contributed by atoms with Gasteiger partial charge in [-0.3, -0.25) is 20.2 Å². The van der Waals surface area contributed by atoms with Gasteiger partial charge in [0.25, 0.3) is 11.4 Å². The van der Waals surface area contributed by atoms with Crippen molar-refractivity contribution in [2.75, 3.05) is 0 Å². The molecule has 9 heteroatoms. The number of ether oxygens (including phenoxy) is 2. The fourth-order valence-electron chi connectivity index (χ4n) is 3.84. The molecule has 0 saturated heterocycles. The lowest BCUT2D eigenvalue weighted by molar-refractivity contribution is -0.385. The lowest BCUT2D eigenvalue weighted by Crippen LogP contribution is -2.25. The van der Waals surface area contributed by atoms with Gasteiger partial charge in [-0.15, -0.1) is 0 Å². The Kier molecular flexibility index (Phi) is 5.27. The van der Waals surface area contributed by atoms with Crippen molar-refractivity contribution in [3.8, 4) is 11.5 Å². The molecule has 164 valence electrons. The average molecular weight is 436 g/mol. The van der Waals surface area contributed by atoms with E-state index in [0.717, 1.165) is 5.56 Å². The van der Waals surface area contributed by atoms with Crippen molar-refractivity contribution in [2.45, 2.75) is 33.2 Å². The van der Waals surface area contributed by atoms with Crippen LogP contribution in [0.3, 0.4) is 0 Å². The van der Waals surface area contributed by atoms with Gasteiger partial charge in [-0.05, 0) is 61.7 Å². The van der Waals surface area contributed by atoms with E-state index in [1.165, 1.54) is 24.3 Å². The maximum Gasteiger partial charge on any atom is 0.269 e. The SMILES string of the molecule is Cc1c(C)c2c(c(C)c1O)[C@@H](c1ccc([N+](=O)[O-])cc1)O[C@@H](c1ccc([N+](=O)[O-])cc1)O2. The first kappa shape index (κ1) is 21.3. The minimum Gasteiger partial charge on any atom is -0.507 e. The number of hydrogen-bond donors (Lipinski definition) is 1. The molecule has 0 aromatic heterocycles. The first-order valence-corrected chi connectivity index (χ1v) is 9.82. The summed E-state index contributed by atoms with van der Waals surface area (Å²) in [5, 5.41) is 32.7. The molecular formula is C23H20N2O7. The highest BCUT2D eigenvalue weighted by Gasteiger charge is 2.35. The molecule has 0 amide bonds. The molecule has 1 N–H and O–H groups in total. The third kappa shape index (κ3) is 3.52. The van der Waals surface area contributed by atoms with Gasteiger partial charge in [0.1, 0.15) is 17.6 Å². The second kappa shape index (κ2) is 7.93. The van der Waals surface area contributed by atoms with E-state index in [-0.39, 0.29) is 17.1 Å². The fraction of sp³-hybridized carbons (Fsp3) is 0.217. The van der Waals surface area contributed by atoms with Crippen LogP contribution in [0.5, 0.6) is 11.5 Å². The maximum absolute atomic E-state index is 11.1. The highest BCUT2D eigenvalue weighted by Crippen LogP contribution is 2.49. The Hall–Kier alpha value is -3.98. The van der Waals surface area contributed by atoms with E-state index in [1.54, 1.807) is 38.1 Å². The zero-order valence-corrected chi connectivity index (χ0v) is 17.6. The lowest BCUT2D eigenvalue weighted by Gasteiger charge is -2.36. The molecule has 0 aliphatic carbocycles. The van der Waals surface area contributed by atoms with Crippen molar-refractivity contribution in [3.63, 3.8) is 0 Å². The van der Waals surface area contributed by atoms with Crippen LogP contribution in [0.4, 0.5) is 11.4 Å². The predicted molar refractivity (Wildman–Crippen MR) is 115 cm³/mol. The van der Waals surface area contributed by atoms with Crippen LogP contribution in [0.15, 0.2) is 48.5 Å². The van der Waals surface area contributed by atoms with Crippen LogP contribution in [0.2, 0.25) is 0 Å². The van der Waals surface area contributed by atoms with Crippen LogP contribution in [0, 0.1) is 41.0 Å². The van der Waals surface area contributed by atoms with Crippen molar-refractivity contribution >= 4 is 11.4 Å². The molecule has 9 nitrogen and oxygen atoms in total. The Labute approximate surface area is 183 Å². The molecule has 0 fully saturated rings. The minimum absolute atomic E-state index is 0.0485. The van der Waals surface area contributed by atoms with Crippen LogP contribution in [0.1, 0.15) is 45.8 Å². The molecule has 2 atom stereocenters. The Balaban J connectivity index is 1.84. The number of nitro benzene ring substituents is 2. The van der Waals surface area contributed by atoms with Crippen LogP contribution in [0.25, 0.3) is 0 Å². The topological polar surface area (TPSA) is 125 Å². The minimum atomic E-state index is -0.870. The van der Waals surface area contributed by atoms with Crippen LogP contribution in [-0.4, -0.2) is 15.0 Å². The van der Waals surface area contributed by atoms with Crippen molar-refractivity contribution in [3.05, 3.63) is 102 Å². The van der Waals surface area contributed by atoms with Crippen LogP contribution in [-0.2, 0) is 4.74 Å². The highest BCUT2D eigenvalue weighted by molar-refractivity contribution is 5.60. The number of aromatic hydroxyl groups is 1. The summed E-state index contributed by atoms with van der Waals surface area (Å²) in [5.74, 6) is 0.685. The van der Waals surface area contributed by atoms with Crippen molar-refractivity contribution in [1.82, 2.24) is 0 Å². The number of non-ortho nitro benzene ring substituents is 2. The number of phenols is 1. The quantitative estimate of drug-likeness (QED) is 0.433. The van der Waals surface area contributed by atoms with Crippen molar-refractivity contribution in [2.24, 2.45) is 0 Å². The van der Waals surface area contributed by atoms with Crippen molar-refractivity contribution < 1.29 is 24.4 Å². The van der Waals surface area contributed by atoms with E-state index in [9.17, 15) is 25.3 Å². The maximum atomic E-state index is 11.1. The largest absolute Gasteiger partial charge is 0.507 e. The average Bonchev–Trinajstić information content (AvgIpc) is 2.80. The molecule has 0 spiro atoms. The first-order valence-electron chi connectivity index (χ1n) is 9.82. The van der Waals surface area contributed by atoms with E-state index < -0.39 is 22.2 Å². The summed E-state index contributed by atoms with van der Waals surface area (Å²) < 4.78 is 12.4. The Bertz CT molecular complexity index is 1220. The first-order chi connectivity index (χ1) is 15.2. The summed E-state index contributed by atoms with van der Waals surface area (Å²) in [4.78, 5) is 21.1. The monoisotopic (exact) mass is 436 g/mol. The van der Waals surface area contributed by atoms with E-state index >= 15 is 0 Å². The molecule has 4 rings (SSSR count). The third-order valence-electron chi connectivity index (χ3n) is 5.79. The second-order valence-electron chi connectivity index (χ2n) is 7.63. The standard InChI is InChI=1S/C23H20N2O7/c1-12-13(2)21-19(14(3)20(12)26)22(15-4-8-17(9-5-15)24(27)28)32-23(31-21)16-6-10-18(11-7-16)25(29)30/h4-11,22-23,26H,1-3H3/t22-,23+/m1/s1. The van der Waals surface area contributed by atoms with Gasteiger partial charge in [-0.1, -0.05) is 0 Å². The summed E-state index contributed by atoms with van der Waals surface area (Å²) in [5.41, 5.74) is 3.77. The van der Waals surface area contributed by atoms with Gasteiger partial charge in [-0.2, -0.15) is 0 Å². The molecule has 0 unspecified atom stereocenters. The van der Waals surface area contributed by atoms with Gasteiger partial charge in [-0.25, -0.2) is 0 Å². The lowest BCUT2D eigenvalue weighted by atomic mass is 9.90. The molecule has 32 heavy (non-hydrogen) atoms. The zero-order valence-electron chi connectivity index (χ0n) is 17.6. The Morgan fingerprint density at radius 1 is 0.781 bits per heavy atom. The van der Waals surface area contributed by atoms with E-state index in [0.29, 0.717) is 33.6 Å². The number of benzene rings is 3. The molecule has 0 bridgehead atoms. The number of fused-ring (bicyclic) bond motifs is 1. The van der Waals surface area contributed by atoms with Gasteiger partial charge in [0.05, 0.1) is 9.85 Å². The molecule has 3 aromatic carbocycles. The molecule has 0 radical (unpaired) electrons. The number of nitro groups is 2. The van der Waals surface area contributed by atoms with Crippen LogP contribution >= 0.6 is 0 Å². The molecule has 3 aromatic rings. The van der Waals surface area contributed by atoms with E-state index in [4.69, 9.17) is 9.47 Å². The van der Waals surface area contributed by atoms with E-state index in [1.807, 2.05) is 6.92 Å². The smallest absolute Gasteiger partial charge is 0.269 e. The van der Waals surface area contributed by atoms with Gasteiger partial charge < -0.3 is 14.6 Å². The Morgan fingerprint density at radius 3 is 1.78 bits per heavy atom. The summed E-state index contributed by atoms with van der Waals surface area (Å²) in [7, 11) is 0. The Morgan fingerprint density at radius 2 is 1.28 bits per heavy atom. The van der Waals surface area contributed by atoms with E-state index in [2.05, 4.69) is 0 Å². The van der Waals surface area contributed by atoms with Crippen molar-refractivity contribution in [1.29, 1.82) is 0 Å². The summed E-state index contributed by atoms with van der Waals surface area (Å²) in [6.45, 7) is 5.38. The number of phenolic OH excluding ortho intramolecular Hbond substituents is 1. The fourth-order valence-corrected chi connectivity index (χ4v) is 3.84. The second-order valence-corrected chi connectivity index (χ2v) is 7.63. The molecule has 1 heterocycles. The predicted octanol–water partition coefficient (Wildman–Crippen LogP) is 5.33. The van der Waals surface area contributed by atoms with Gasteiger partial charge >= 0.3 is 0 Å². The highest BCUT2D eigenvalue weighted by atomic mass is 16.7. The summed E-state index contributed by atoms with van der Waals surface area (Å²) in [6, 6.07) is 11.9. The molecular weight excluding hydrogens is 416 g/mol. The van der Waals surface area contributed by atoms with Crippen LogP contribution < -0.4 is 4.74 Å². The van der Waals surface area contributed by atoms with Gasteiger partial charge in [0.2, 0.25) is 6.29 Å².